The molecule has 0 fully saturated rings. The molecule has 0 spiro atoms. The van der Waals surface area contributed by atoms with Crippen LogP contribution in [-0.4, -0.2) is 55.0 Å². The van der Waals surface area contributed by atoms with Gasteiger partial charge in [-0.15, -0.1) is 0 Å². The Morgan fingerprint density at radius 2 is 1.33 bits per heavy atom. The van der Waals surface area contributed by atoms with Crippen molar-refractivity contribution in [1.82, 2.24) is 0 Å². The van der Waals surface area contributed by atoms with Crippen molar-refractivity contribution in [2.75, 3.05) is 0 Å². The fourth-order valence-corrected chi connectivity index (χ4v) is 0. The van der Waals surface area contributed by atoms with E-state index in [2.05, 4.69) is 0 Å². The minimum Gasteiger partial charge on any atom is -0.652 e. The van der Waals surface area contributed by atoms with E-state index in [1.807, 2.05) is 0 Å². The maximum Gasteiger partial charge on any atom is 2.00 e. The van der Waals surface area contributed by atoms with E-state index in [4.69, 9.17) is 15.0 Å². The Balaban J connectivity index is -0.0000000450. The predicted octanol–water partition coefficient (Wildman–Crippen LogP) is -5.82. The molecular weight excluding hydrogens is 236 g/mol. The van der Waals surface area contributed by atoms with Gasteiger partial charge in [0.25, 0.3) is 0 Å². The molecule has 0 aromatic rings. The van der Waals surface area contributed by atoms with Gasteiger partial charge in [0.1, 0.15) is 0 Å². The minimum absolute atomic E-state index is 0. The fraction of sp³-hybridized carbons (Fsp3) is 0. The topological polar surface area (TPSA) is 63.2 Å². The van der Waals surface area contributed by atoms with Crippen LogP contribution in [0.3, 0.4) is 0 Å². The number of carbonyl (C=O) groups excluding carboxylic acids is 1. The molecule has 0 radical (unpaired) electrons. The molecule has 0 aliphatic heterocycles. The van der Waals surface area contributed by atoms with Crippen molar-refractivity contribution in [3.05, 3.63) is 0 Å². The second kappa shape index (κ2) is 10.5. The molecule has 6 heavy (non-hydrogen) atoms. The summed E-state index contributed by atoms with van der Waals surface area (Å²) in [6.45, 7) is 0. The van der Waals surface area contributed by atoms with Crippen LogP contribution in [0.25, 0.3) is 0 Å². The molecule has 5 heteroatoms. The van der Waals surface area contributed by atoms with Crippen molar-refractivity contribution in [3.63, 3.8) is 0 Å². The van der Waals surface area contributed by atoms with Gasteiger partial charge in [0.05, 0.1) is 0 Å². The van der Waals surface area contributed by atoms with E-state index in [9.17, 15) is 0 Å². The molecule has 0 heterocycles. The monoisotopic (exact) mass is 237 g/mol. The Morgan fingerprint density at radius 1 is 1.33 bits per heavy atom. The summed E-state index contributed by atoms with van der Waals surface area (Å²) < 4.78 is 0. The van der Waals surface area contributed by atoms with Crippen molar-refractivity contribution in [1.29, 1.82) is 0 Å². The van der Waals surface area contributed by atoms with Gasteiger partial charge in [0, 0.05) is 0 Å². The van der Waals surface area contributed by atoms with Gasteiger partial charge < -0.3 is 15.0 Å². The second-order valence-electron chi connectivity index (χ2n) is 0.250. The predicted molar refractivity (Wildman–Crippen MR) is 11.1 cm³/mol. The molecule has 0 rings (SSSR count). The Morgan fingerprint density at radius 3 is 1.33 bits per heavy atom. The average molecular weight is 236 g/mol. The smallest absolute Gasteiger partial charge is 0.652 e. The summed E-state index contributed by atoms with van der Waals surface area (Å²) in [5.74, 6) is 0. The molecular formula is CBaKO3+. The molecule has 0 saturated carbocycles. The molecule has 24 valence electrons. The van der Waals surface area contributed by atoms with Crippen molar-refractivity contribution in [2.45, 2.75) is 0 Å². The Hall–Kier alpha value is 2.48. The summed E-state index contributed by atoms with van der Waals surface area (Å²) in [6, 6.07) is 0. The van der Waals surface area contributed by atoms with Crippen molar-refractivity contribution >= 4 is 55.0 Å². The van der Waals surface area contributed by atoms with E-state index >= 15 is 0 Å². The third-order valence-electron chi connectivity index (χ3n) is 0. The first-order chi connectivity index (χ1) is 1.73. The number of carboxylic acid groups (broad SMARTS) is 2. The van der Waals surface area contributed by atoms with Crippen molar-refractivity contribution < 1.29 is 66.4 Å². The molecule has 0 atom stereocenters. The van der Waals surface area contributed by atoms with Gasteiger partial charge in [0.15, 0.2) is 0 Å². The molecule has 3 nitrogen and oxygen atoms in total. The van der Waals surface area contributed by atoms with E-state index in [1.54, 1.807) is 0 Å². The van der Waals surface area contributed by atoms with Crippen LogP contribution in [0.5, 0.6) is 0 Å². The van der Waals surface area contributed by atoms with Crippen LogP contribution in [0, 0.1) is 0 Å². The summed E-state index contributed by atoms with van der Waals surface area (Å²) in [5, 5.41) is 16.7. The molecule has 0 aromatic heterocycles. The van der Waals surface area contributed by atoms with Crippen LogP contribution in [0.15, 0.2) is 0 Å². The SMILES string of the molecule is O=C([O-])[O-].[Ba+2].[K+]. The van der Waals surface area contributed by atoms with Crippen LogP contribution in [0.2, 0.25) is 0 Å². The van der Waals surface area contributed by atoms with Gasteiger partial charge >= 0.3 is 100 Å². The number of hydrogen-bond donors (Lipinski definition) is 0. The summed E-state index contributed by atoms with van der Waals surface area (Å²) in [7, 11) is 0. The third kappa shape index (κ3) is 31.7. The van der Waals surface area contributed by atoms with Gasteiger partial charge in [-0.05, 0) is 6.16 Å². The quantitative estimate of drug-likeness (QED) is 0.394. The molecule has 0 unspecified atom stereocenters. The largest absolute Gasteiger partial charge is 2.00 e. The van der Waals surface area contributed by atoms with Gasteiger partial charge in [-0.2, -0.15) is 0 Å². The van der Waals surface area contributed by atoms with Crippen LogP contribution in [0.1, 0.15) is 0 Å². The molecule has 0 aromatic carbocycles. The van der Waals surface area contributed by atoms with Crippen LogP contribution in [0.4, 0.5) is 4.79 Å². The third-order valence-corrected chi connectivity index (χ3v) is 0. The van der Waals surface area contributed by atoms with Crippen molar-refractivity contribution in [3.8, 4) is 0 Å². The maximum atomic E-state index is 8.33. The number of hydrogen-bond acceptors (Lipinski definition) is 3. The zero-order valence-electron chi connectivity index (χ0n) is 3.43. The Labute approximate surface area is 118 Å². The molecule has 0 saturated heterocycles. The minimum atomic E-state index is -2.33. The molecule has 0 bridgehead atoms. The fourth-order valence-electron chi connectivity index (χ4n) is 0. The molecule has 0 aliphatic carbocycles. The summed E-state index contributed by atoms with van der Waals surface area (Å²) in [4.78, 5) is 8.33. The van der Waals surface area contributed by atoms with E-state index < -0.39 is 6.16 Å². The van der Waals surface area contributed by atoms with Crippen molar-refractivity contribution in [2.24, 2.45) is 0 Å². The standard InChI is InChI=1S/CH2O3.Ba.K/c2-1(3)4;;/h(H2,2,3,4);;/q;+2;+1/p-2. The van der Waals surface area contributed by atoms with Crippen LogP contribution >= 0.6 is 0 Å². The molecule has 0 N–H and O–H groups in total. The summed E-state index contributed by atoms with van der Waals surface area (Å²) in [6.07, 6.45) is -2.33. The molecule has 0 aliphatic rings. The summed E-state index contributed by atoms with van der Waals surface area (Å²) in [5.41, 5.74) is 0. The van der Waals surface area contributed by atoms with E-state index in [0.29, 0.717) is 0 Å². The number of carbonyl (C=O) groups is 1. The zero-order valence-corrected chi connectivity index (χ0v) is 11.0. The first kappa shape index (κ1) is 15.8. The average Bonchev–Trinajstić information content (AvgIpc) is 0.811. The van der Waals surface area contributed by atoms with E-state index in [1.165, 1.54) is 0 Å². The first-order valence-corrected chi connectivity index (χ1v) is 0.612. The zero-order chi connectivity index (χ0) is 3.58. The van der Waals surface area contributed by atoms with Crippen LogP contribution < -0.4 is 61.6 Å². The van der Waals surface area contributed by atoms with Gasteiger partial charge in [-0.1, -0.05) is 0 Å². The number of rotatable bonds is 0. The van der Waals surface area contributed by atoms with E-state index in [-0.39, 0.29) is 100 Å². The normalized spacial score (nSPS) is 4.00. The van der Waals surface area contributed by atoms with Crippen LogP contribution in [-0.2, 0) is 0 Å². The summed E-state index contributed by atoms with van der Waals surface area (Å²) >= 11 is 0. The maximum absolute atomic E-state index is 8.33. The Bertz CT molecular complexity index is 33.8. The van der Waals surface area contributed by atoms with Gasteiger partial charge in [-0.3, -0.25) is 0 Å². The Kier molecular flexibility index (Phi) is 27.5. The molecule has 0 amide bonds. The second-order valence-corrected chi connectivity index (χ2v) is 0.250. The van der Waals surface area contributed by atoms with Gasteiger partial charge in [0.2, 0.25) is 0 Å². The van der Waals surface area contributed by atoms with Gasteiger partial charge in [-0.25, -0.2) is 0 Å². The first-order valence-electron chi connectivity index (χ1n) is 0.612. The van der Waals surface area contributed by atoms with E-state index in [0.717, 1.165) is 0 Å².